The van der Waals surface area contributed by atoms with Gasteiger partial charge in [0, 0.05) is 6.61 Å². The van der Waals surface area contributed by atoms with Gasteiger partial charge < -0.3 is 4.74 Å². The fourth-order valence-corrected chi connectivity index (χ4v) is 8.27. The molecule has 4 rings (SSSR count). The highest BCUT2D eigenvalue weighted by atomic mass is 19.3. The predicted molar refractivity (Wildman–Crippen MR) is 142 cm³/mol. The molecule has 0 aromatic carbocycles. The molecule has 0 N–H and O–H groups in total. The second kappa shape index (κ2) is 14.5. The monoisotopic (exact) mass is 492 g/mol. The number of allylic oxidation sites excluding steroid dienone is 1. The minimum Gasteiger partial charge on any atom is -0.378 e. The van der Waals surface area contributed by atoms with Gasteiger partial charge >= 0.3 is 0 Å². The number of halogens is 2. The highest BCUT2D eigenvalue weighted by Crippen LogP contribution is 2.44. The third kappa shape index (κ3) is 9.11. The number of unbranched alkanes of at least 4 members (excludes halogenated alkanes) is 1. The van der Waals surface area contributed by atoms with Crippen LogP contribution in [0.2, 0.25) is 0 Å². The molecular weight excluding hydrogens is 438 g/mol. The van der Waals surface area contributed by atoms with Crippen LogP contribution in [0.4, 0.5) is 8.78 Å². The zero-order valence-electron chi connectivity index (χ0n) is 22.7. The first-order valence-corrected chi connectivity index (χ1v) is 15.7. The maximum absolute atomic E-state index is 12.3. The Labute approximate surface area is 215 Å². The second-order valence-corrected chi connectivity index (χ2v) is 13.3. The van der Waals surface area contributed by atoms with E-state index in [4.69, 9.17) is 4.74 Å². The molecule has 4 aliphatic rings. The van der Waals surface area contributed by atoms with Crippen molar-refractivity contribution in [1.29, 1.82) is 0 Å². The van der Waals surface area contributed by atoms with Gasteiger partial charge in [-0.05, 0) is 118 Å². The van der Waals surface area contributed by atoms with Gasteiger partial charge in [-0.15, -0.1) is 0 Å². The van der Waals surface area contributed by atoms with Crippen LogP contribution in [-0.4, -0.2) is 12.7 Å². The Hall–Kier alpha value is -0.440. The molecule has 0 radical (unpaired) electrons. The second-order valence-electron chi connectivity index (χ2n) is 13.3. The first kappa shape index (κ1) is 27.6. The normalized spacial score (nSPS) is 38.7. The molecule has 0 aromatic heterocycles. The van der Waals surface area contributed by atoms with E-state index in [2.05, 4.69) is 6.92 Å². The summed E-state index contributed by atoms with van der Waals surface area (Å²) in [6, 6.07) is 0. The zero-order chi connectivity index (χ0) is 24.5. The van der Waals surface area contributed by atoms with Gasteiger partial charge in [0.1, 0.15) is 0 Å². The standard InChI is InChI=1S/C32H54F2O/c1-24-9-11-25(12-10-24)5-2-3-6-27-15-22-31(35-23-27)30-20-18-29(19-21-30)28-16-13-26(14-17-28)7-4-8-32(33)34/h8,24-31H,2-7,9-23H2,1H3. The van der Waals surface area contributed by atoms with Crippen molar-refractivity contribution in [3.8, 4) is 0 Å². The van der Waals surface area contributed by atoms with Crippen LogP contribution in [-0.2, 0) is 4.74 Å². The summed E-state index contributed by atoms with van der Waals surface area (Å²) in [6.45, 7) is 3.45. The Kier molecular flexibility index (Phi) is 11.4. The minimum atomic E-state index is -1.51. The Morgan fingerprint density at radius 3 is 1.74 bits per heavy atom. The highest BCUT2D eigenvalue weighted by molar-refractivity contribution is 4.87. The Morgan fingerprint density at radius 1 is 0.629 bits per heavy atom. The summed E-state index contributed by atoms with van der Waals surface area (Å²) in [5.74, 6) is 6.12. The van der Waals surface area contributed by atoms with Gasteiger partial charge in [-0.25, -0.2) is 0 Å². The molecule has 0 bridgehead atoms. The fourth-order valence-electron chi connectivity index (χ4n) is 8.27. The minimum absolute atomic E-state index is 0.538. The first-order chi connectivity index (χ1) is 17.1. The van der Waals surface area contributed by atoms with Gasteiger partial charge in [0.15, 0.2) is 0 Å². The lowest BCUT2D eigenvalue weighted by Gasteiger charge is -2.41. The molecule has 35 heavy (non-hydrogen) atoms. The van der Waals surface area contributed by atoms with Crippen LogP contribution in [0.15, 0.2) is 12.2 Å². The summed E-state index contributed by atoms with van der Waals surface area (Å²) in [6.07, 6.45) is 26.8. The number of rotatable bonds is 10. The molecule has 3 saturated carbocycles. The van der Waals surface area contributed by atoms with E-state index in [0.717, 1.165) is 54.6 Å². The van der Waals surface area contributed by atoms with E-state index in [1.165, 1.54) is 116 Å². The van der Waals surface area contributed by atoms with E-state index in [1.807, 2.05) is 0 Å². The van der Waals surface area contributed by atoms with Gasteiger partial charge in [0.2, 0.25) is 0 Å². The SMILES string of the molecule is CC1CCC(CCCCC2CCC(C3CCC(C4CCC(CCC=C(F)F)CC4)CC3)OC2)CC1. The van der Waals surface area contributed by atoms with Crippen molar-refractivity contribution in [3.63, 3.8) is 0 Å². The molecule has 4 fully saturated rings. The van der Waals surface area contributed by atoms with Crippen molar-refractivity contribution in [1.82, 2.24) is 0 Å². The lowest BCUT2D eigenvalue weighted by Crippen LogP contribution is -2.35. The molecule has 1 heterocycles. The average molecular weight is 493 g/mol. The van der Waals surface area contributed by atoms with Gasteiger partial charge in [-0.2, -0.15) is 8.78 Å². The van der Waals surface area contributed by atoms with Gasteiger partial charge in [0.05, 0.1) is 6.10 Å². The summed E-state index contributed by atoms with van der Waals surface area (Å²) in [5, 5.41) is 0. The zero-order valence-corrected chi connectivity index (χ0v) is 22.7. The quantitative estimate of drug-likeness (QED) is 0.276. The molecule has 2 unspecified atom stereocenters. The first-order valence-electron chi connectivity index (χ1n) is 15.7. The number of ether oxygens (including phenoxy) is 1. The van der Waals surface area contributed by atoms with E-state index >= 15 is 0 Å². The van der Waals surface area contributed by atoms with E-state index in [9.17, 15) is 8.78 Å². The van der Waals surface area contributed by atoms with E-state index in [1.54, 1.807) is 0 Å². The van der Waals surface area contributed by atoms with Crippen LogP contribution in [0, 0.1) is 41.4 Å². The Morgan fingerprint density at radius 2 is 1.14 bits per heavy atom. The molecule has 3 aliphatic carbocycles. The van der Waals surface area contributed by atoms with E-state index in [-0.39, 0.29) is 0 Å². The molecule has 1 aliphatic heterocycles. The maximum Gasteiger partial charge on any atom is 0.266 e. The molecule has 1 nitrogen and oxygen atoms in total. The molecular formula is C32H54F2O. The third-order valence-electron chi connectivity index (χ3n) is 10.8. The smallest absolute Gasteiger partial charge is 0.266 e. The van der Waals surface area contributed by atoms with Crippen molar-refractivity contribution in [2.24, 2.45) is 41.4 Å². The van der Waals surface area contributed by atoms with Crippen LogP contribution in [0.5, 0.6) is 0 Å². The fraction of sp³-hybridized carbons (Fsp3) is 0.938. The van der Waals surface area contributed by atoms with Crippen molar-refractivity contribution < 1.29 is 13.5 Å². The molecule has 202 valence electrons. The summed E-state index contributed by atoms with van der Waals surface area (Å²) >= 11 is 0. The molecule has 2 atom stereocenters. The lowest BCUT2D eigenvalue weighted by molar-refractivity contribution is -0.0621. The van der Waals surface area contributed by atoms with Crippen LogP contribution in [0.25, 0.3) is 0 Å². The Balaban J connectivity index is 1.04. The summed E-state index contributed by atoms with van der Waals surface area (Å²) in [5.41, 5.74) is 0. The van der Waals surface area contributed by atoms with Crippen molar-refractivity contribution >= 4 is 0 Å². The molecule has 0 amide bonds. The van der Waals surface area contributed by atoms with Crippen LogP contribution in [0.3, 0.4) is 0 Å². The van der Waals surface area contributed by atoms with E-state index in [0.29, 0.717) is 18.4 Å². The maximum atomic E-state index is 12.3. The van der Waals surface area contributed by atoms with Crippen molar-refractivity contribution in [2.75, 3.05) is 6.61 Å². The summed E-state index contributed by atoms with van der Waals surface area (Å²) in [4.78, 5) is 0. The Bertz CT molecular complexity index is 597. The van der Waals surface area contributed by atoms with Crippen molar-refractivity contribution in [2.45, 2.75) is 141 Å². The highest BCUT2D eigenvalue weighted by Gasteiger charge is 2.35. The summed E-state index contributed by atoms with van der Waals surface area (Å²) < 4.78 is 31.0. The summed E-state index contributed by atoms with van der Waals surface area (Å²) in [7, 11) is 0. The average Bonchev–Trinajstić information content (AvgIpc) is 2.88. The topological polar surface area (TPSA) is 9.23 Å². The molecule has 3 heteroatoms. The van der Waals surface area contributed by atoms with Gasteiger partial charge in [0.25, 0.3) is 6.08 Å². The predicted octanol–water partition coefficient (Wildman–Crippen LogP) is 10.3. The van der Waals surface area contributed by atoms with Gasteiger partial charge in [-0.3, -0.25) is 0 Å². The largest absolute Gasteiger partial charge is 0.378 e. The third-order valence-corrected chi connectivity index (χ3v) is 10.8. The molecule has 1 saturated heterocycles. The number of hydrogen-bond acceptors (Lipinski definition) is 1. The lowest BCUT2D eigenvalue weighted by atomic mass is 9.67. The van der Waals surface area contributed by atoms with Crippen molar-refractivity contribution in [3.05, 3.63) is 12.2 Å². The molecule has 0 spiro atoms. The van der Waals surface area contributed by atoms with Crippen LogP contribution in [0.1, 0.15) is 135 Å². The van der Waals surface area contributed by atoms with Gasteiger partial charge in [-0.1, -0.05) is 64.7 Å². The van der Waals surface area contributed by atoms with Crippen LogP contribution >= 0.6 is 0 Å². The molecule has 0 aromatic rings. The van der Waals surface area contributed by atoms with Crippen LogP contribution < -0.4 is 0 Å². The number of hydrogen-bond donors (Lipinski definition) is 0. The van der Waals surface area contributed by atoms with E-state index < -0.39 is 6.08 Å².